The van der Waals surface area contributed by atoms with Gasteiger partial charge in [-0.15, -0.1) is 0 Å². The van der Waals surface area contributed by atoms with Gasteiger partial charge in [-0.1, -0.05) is 6.07 Å². The fourth-order valence-electron chi connectivity index (χ4n) is 1.49. The van der Waals surface area contributed by atoms with Crippen LogP contribution in [-0.2, 0) is 4.74 Å². The molecule has 0 heterocycles. The predicted molar refractivity (Wildman–Crippen MR) is 83.2 cm³/mol. The van der Waals surface area contributed by atoms with Crippen LogP contribution in [0.1, 0.15) is 32.8 Å². The van der Waals surface area contributed by atoms with E-state index in [1.807, 2.05) is 26.8 Å². The molecule has 0 spiro atoms. The first-order chi connectivity index (χ1) is 9.83. The van der Waals surface area contributed by atoms with E-state index in [4.69, 9.17) is 14.7 Å². The molecule has 6 heteroatoms. The normalized spacial score (nSPS) is 10.6. The van der Waals surface area contributed by atoms with E-state index in [-0.39, 0.29) is 0 Å². The molecule has 0 saturated heterocycles. The van der Waals surface area contributed by atoms with Crippen molar-refractivity contribution in [3.05, 3.63) is 28.2 Å². The Kier molecular flexibility index (Phi) is 6.50. The molecule has 1 rings (SSSR count). The number of carbonyl (C=O) groups is 1. The highest BCUT2D eigenvalue weighted by atomic mass is 79.9. The van der Waals surface area contributed by atoms with Crippen LogP contribution in [0.4, 0.5) is 4.79 Å². The van der Waals surface area contributed by atoms with Gasteiger partial charge in [0.05, 0.1) is 16.6 Å². The van der Waals surface area contributed by atoms with Gasteiger partial charge in [0.25, 0.3) is 0 Å². The van der Waals surface area contributed by atoms with Crippen molar-refractivity contribution in [1.82, 2.24) is 5.32 Å². The van der Waals surface area contributed by atoms with E-state index in [1.54, 1.807) is 12.1 Å². The molecule has 0 aliphatic heterocycles. The molecule has 1 aromatic rings. The minimum atomic E-state index is -0.503. The summed E-state index contributed by atoms with van der Waals surface area (Å²) < 4.78 is 11.4. The summed E-state index contributed by atoms with van der Waals surface area (Å²) in [5.41, 5.74) is -0.0264. The summed E-state index contributed by atoms with van der Waals surface area (Å²) in [7, 11) is 0. The van der Waals surface area contributed by atoms with E-state index in [0.717, 1.165) is 4.47 Å². The van der Waals surface area contributed by atoms with Gasteiger partial charge in [-0.3, -0.25) is 0 Å². The maximum absolute atomic E-state index is 11.4. The lowest BCUT2D eigenvalue weighted by Crippen LogP contribution is -2.33. The summed E-state index contributed by atoms with van der Waals surface area (Å²) in [6, 6.07) is 7.36. The van der Waals surface area contributed by atoms with E-state index in [0.29, 0.717) is 30.9 Å². The Morgan fingerprint density at radius 1 is 1.43 bits per heavy atom. The van der Waals surface area contributed by atoms with Gasteiger partial charge in [-0.2, -0.15) is 5.26 Å². The lowest BCUT2D eigenvalue weighted by atomic mass is 10.2. The van der Waals surface area contributed by atoms with Crippen LogP contribution in [0.25, 0.3) is 0 Å². The second kappa shape index (κ2) is 7.89. The number of amides is 1. The third kappa shape index (κ3) is 6.50. The molecule has 0 aliphatic rings. The average Bonchev–Trinajstić information content (AvgIpc) is 2.37. The van der Waals surface area contributed by atoms with E-state index in [1.165, 1.54) is 0 Å². The topological polar surface area (TPSA) is 71.3 Å². The van der Waals surface area contributed by atoms with Gasteiger partial charge in [0, 0.05) is 6.54 Å². The first kappa shape index (κ1) is 17.3. The Labute approximate surface area is 133 Å². The number of halogens is 1. The number of alkyl carbamates (subject to hydrolysis) is 1. The molecule has 0 atom stereocenters. The number of nitrogens with zero attached hydrogens (tertiary/aromatic N) is 1. The van der Waals surface area contributed by atoms with Gasteiger partial charge in [0.15, 0.2) is 5.75 Å². The lowest BCUT2D eigenvalue weighted by Gasteiger charge is -2.19. The molecule has 0 bridgehead atoms. The maximum atomic E-state index is 11.4. The number of benzene rings is 1. The predicted octanol–water partition coefficient (Wildman–Crippen LogP) is 3.61. The van der Waals surface area contributed by atoms with Crippen LogP contribution in [0.5, 0.6) is 5.75 Å². The fraction of sp³-hybridized carbons (Fsp3) is 0.467. The monoisotopic (exact) mass is 354 g/mol. The van der Waals surface area contributed by atoms with Gasteiger partial charge in [-0.25, -0.2) is 4.79 Å². The molecule has 1 aromatic carbocycles. The Morgan fingerprint density at radius 2 is 2.14 bits per heavy atom. The largest absolute Gasteiger partial charge is 0.491 e. The molecular formula is C15H19BrN2O3. The number of hydrogen-bond acceptors (Lipinski definition) is 4. The number of ether oxygens (including phenoxy) is 2. The zero-order valence-corrected chi connectivity index (χ0v) is 14.0. The van der Waals surface area contributed by atoms with Crippen molar-refractivity contribution in [2.24, 2.45) is 0 Å². The summed E-state index contributed by atoms with van der Waals surface area (Å²) in [6.07, 6.45) is 0.173. The van der Waals surface area contributed by atoms with Crippen molar-refractivity contribution < 1.29 is 14.3 Å². The third-order valence-corrected chi connectivity index (χ3v) is 2.95. The number of para-hydroxylation sites is 1. The highest BCUT2D eigenvalue weighted by Gasteiger charge is 2.15. The first-order valence-corrected chi connectivity index (χ1v) is 7.41. The molecular weight excluding hydrogens is 336 g/mol. The van der Waals surface area contributed by atoms with Gasteiger partial charge < -0.3 is 14.8 Å². The van der Waals surface area contributed by atoms with E-state index in [9.17, 15) is 4.79 Å². The molecule has 21 heavy (non-hydrogen) atoms. The second-order valence-corrected chi connectivity index (χ2v) is 6.21. The van der Waals surface area contributed by atoms with Gasteiger partial charge in [-0.05, 0) is 55.3 Å². The Morgan fingerprint density at radius 3 is 2.76 bits per heavy atom. The van der Waals surface area contributed by atoms with Gasteiger partial charge in [0.1, 0.15) is 11.7 Å². The smallest absolute Gasteiger partial charge is 0.407 e. The quantitative estimate of drug-likeness (QED) is 0.819. The molecule has 1 N–H and O–H groups in total. The number of nitrogens with one attached hydrogen (secondary N) is 1. The number of carbonyl (C=O) groups excluding carboxylic acids is 1. The van der Waals surface area contributed by atoms with Crippen molar-refractivity contribution in [2.45, 2.75) is 32.8 Å². The standard InChI is InChI=1S/C15H19BrN2O3/c1-15(2,3)21-14(19)18-8-5-9-20-13-11(10-17)6-4-7-12(13)16/h4,6-7H,5,8-9H2,1-3H3,(H,18,19). The van der Waals surface area contributed by atoms with E-state index in [2.05, 4.69) is 27.3 Å². The fourth-order valence-corrected chi connectivity index (χ4v) is 1.98. The van der Waals surface area contributed by atoms with Crippen molar-refractivity contribution in [3.8, 4) is 11.8 Å². The first-order valence-electron chi connectivity index (χ1n) is 6.62. The van der Waals surface area contributed by atoms with Gasteiger partial charge >= 0.3 is 6.09 Å². The molecule has 0 unspecified atom stereocenters. The molecule has 0 radical (unpaired) electrons. The van der Waals surface area contributed by atoms with Crippen molar-refractivity contribution in [1.29, 1.82) is 5.26 Å². The Bertz CT molecular complexity index is 533. The summed E-state index contributed by atoms with van der Waals surface area (Å²) >= 11 is 3.35. The van der Waals surface area contributed by atoms with Crippen LogP contribution in [0.2, 0.25) is 0 Å². The molecule has 0 aliphatic carbocycles. The Hall–Kier alpha value is -1.74. The SMILES string of the molecule is CC(C)(C)OC(=O)NCCCOc1c(Br)cccc1C#N. The third-order valence-electron chi connectivity index (χ3n) is 2.32. The minimum absolute atomic E-state index is 0.396. The van der Waals surface area contributed by atoms with Crippen LogP contribution in [-0.4, -0.2) is 24.8 Å². The molecule has 0 fully saturated rings. The van der Waals surface area contributed by atoms with Crippen LogP contribution in [0.3, 0.4) is 0 Å². The molecule has 114 valence electrons. The van der Waals surface area contributed by atoms with Crippen molar-refractivity contribution in [3.63, 3.8) is 0 Å². The summed E-state index contributed by atoms with van der Waals surface area (Å²) in [5, 5.41) is 11.7. The number of rotatable bonds is 5. The highest BCUT2D eigenvalue weighted by Crippen LogP contribution is 2.28. The summed E-state index contributed by atoms with van der Waals surface area (Å²) in [5.74, 6) is 0.525. The molecule has 1 amide bonds. The van der Waals surface area contributed by atoms with Crippen molar-refractivity contribution >= 4 is 22.0 Å². The zero-order chi connectivity index (χ0) is 15.9. The molecule has 0 aromatic heterocycles. The minimum Gasteiger partial charge on any atom is -0.491 e. The second-order valence-electron chi connectivity index (χ2n) is 5.36. The lowest BCUT2D eigenvalue weighted by molar-refractivity contribution is 0.0525. The van der Waals surface area contributed by atoms with Crippen LogP contribution < -0.4 is 10.1 Å². The summed E-state index contributed by atoms with van der Waals surface area (Å²) in [6.45, 7) is 6.28. The number of nitriles is 1. The zero-order valence-electron chi connectivity index (χ0n) is 12.4. The van der Waals surface area contributed by atoms with E-state index >= 15 is 0 Å². The van der Waals surface area contributed by atoms with Crippen molar-refractivity contribution in [2.75, 3.05) is 13.2 Å². The Balaban J connectivity index is 2.33. The maximum Gasteiger partial charge on any atom is 0.407 e. The van der Waals surface area contributed by atoms with Gasteiger partial charge in [0.2, 0.25) is 0 Å². The molecule has 0 saturated carbocycles. The van der Waals surface area contributed by atoms with Crippen LogP contribution in [0, 0.1) is 11.3 Å². The number of hydrogen-bond donors (Lipinski definition) is 1. The summed E-state index contributed by atoms with van der Waals surface area (Å²) in [4.78, 5) is 11.4. The highest BCUT2D eigenvalue weighted by molar-refractivity contribution is 9.10. The van der Waals surface area contributed by atoms with E-state index < -0.39 is 11.7 Å². The molecule has 5 nitrogen and oxygen atoms in total. The van der Waals surface area contributed by atoms with Crippen LogP contribution >= 0.6 is 15.9 Å². The van der Waals surface area contributed by atoms with Crippen LogP contribution in [0.15, 0.2) is 22.7 Å². The average molecular weight is 355 g/mol.